The minimum atomic E-state index is -4.19. The number of rotatable bonds is 9. The first-order valence-corrected chi connectivity index (χ1v) is 12.0. The lowest BCUT2D eigenvalue weighted by Crippen LogP contribution is -2.32. The monoisotopic (exact) mass is 469 g/mol. The molecule has 0 spiro atoms. The summed E-state index contributed by atoms with van der Waals surface area (Å²) >= 11 is 0. The van der Waals surface area contributed by atoms with Crippen LogP contribution in [0.5, 0.6) is 11.5 Å². The Morgan fingerprint density at radius 2 is 1.71 bits per heavy atom. The lowest BCUT2D eigenvalue weighted by atomic mass is 10.3. The lowest BCUT2D eigenvalue weighted by molar-refractivity contribution is 0.392. The Balaban J connectivity index is 1.96. The number of hydrogen-bond acceptors (Lipinski definition) is 7. The zero-order valence-corrected chi connectivity index (χ0v) is 18.2. The molecule has 1 heterocycles. The van der Waals surface area contributed by atoms with Gasteiger partial charge < -0.3 is 13.9 Å². The highest BCUT2D eigenvalue weighted by Crippen LogP contribution is 2.31. The number of furan rings is 1. The van der Waals surface area contributed by atoms with Gasteiger partial charge in [0.05, 0.1) is 25.4 Å². The van der Waals surface area contributed by atoms with Crippen LogP contribution >= 0.6 is 0 Å². The van der Waals surface area contributed by atoms with E-state index in [1.165, 1.54) is 50.8 Å². The molecule has 1 aromatic heterocycles. The van der Waals surface area contributed by atoms with E-state index < -0.39 is 37.5 Å². The molecule has 11 heteroatoms. The van der Waals surface area contributed by atoms with Crippen molar-refractivity contribution in [3.8, 4) is 11.5 Å². The third-order valence-corrected chi connectivity index (χ3v) is 8.02. The standard InChI is InChI=1S/C20H20FNO7S2/c1-27-15-7-10-17(28-2)19(12-15)31(25,26)22-13-20(18-4-3-11-29-18)30(23,24)16-8-5-14(21)6-9-16/h3-12,20,22H,13H2,1-2H3/t20-/m0/s1. The van der Waals surface area contributed by atoms with Crippen LogP contribution in [0.25, 0.3) is 0 Å². The zero-order valence-electron chi connectivity index (χ0n) is 16.6. The van der Waals surface area contributed by atoms with Gasteiger partial charge in [-0.2, -0.15) is 0 Å². The SMILES string of the molecule is COc1ccc(OC)c(S(=O)(=O)NC[C@@H](c2ccco2)S(=O)(=O)c2ccc(F)cc2)c1. The highest BCUT2D eigenvalue weighted by Gasteiger charge is 2.33. The molecule has 0 radical (unpaired) electrons. The van der Waals surface area contributed by atoms with E-state index in [1.54, 1.807) is 0 Å². The van der Waals surface area contributed by atoms with E-state index in [0.717, 1.165) is 24.3 Å². The number of ether oxygens (including phenoxy) is 2. The maximum atomic E-state index is 13.2. The fraction of sp³-hybridized carbons (Fsp3) is 0.200. The van der Waals surface area contributed by atoms with Gasteiger partial charge in [0.2, 0.25) is 10.0 Å². The number of methoxy groups -OCH3 is 2. The third-order valence-electron chi connectivity index (χ3n) is 4.50. The zero-order chi connectivity index (χ0) is 22.6. The van der Waals surface area contributed by atoms with Gasteiger partial charge in [-0.05, 0) is 48.5 Å². The normalized spacial score (nSPS) is 13.0. The molecule has 2 aromatic carbocycles. The Bertz CT molecular complexity index is 1240. The number of halogens is 1. The summed E-state index contributed by atoms with van der Waals surface area (Å²) in [6.07, 6.45) is 1.28. The Hall–Kier alpha value is -2.89. The topological polar surface area (TPSA) is 112 Å². The molecule has 3 rings (SSSR count). The maximum Gasteiger partial charge on any atom is 0.244 e. The fourth-order valence-electron chi connectivity index (χ4n) is 2.88. The molecule has 0 saturated carbocycles. The molecule has 0 aliphatic rings. The predicted molar refractivity (Wildman–Crippen MR) is 110 cm³/mol. The Kier molecular flexibility index (Phi) is 6.68. The molecular weight excluding hydrogens is 449 g/mol. The molecule has 8 nitrogen and oxygen atoms in total. The fourth-order valence-corrected chi connectivity index (χ4v) is 5.80. The van der Waals surface area contributed by atoms with Gasteiger partial charge in [0, 0.05) is 12.6 Å². The summed E-state index contributed by atoms with van der Waals surface area (Å²) < 4.78 is 83.2. The van der Waals surface area contributed by atoms with Gasteiger partial charge in [-0.15, -0.1) is 0 Å². The van der Waals surface area contributed by atoms with Crippen LogP contribution < -0.4 is 14.2 Å². The van der Waals surface area contributed by atoms with Crippen LogP contribution in [0.2, 0.25) is 0 Å². The van der Waals surface area contributed by atoms with Crippen molar-refractivity contribution in [3.05, 3.63) is 72.4 Å². The Morgan fingerprint density at radius 3 is 2.29 bits per heavy atom. The van der Waals surface area contributed by atoms with E-state index >= 15 is 0 Å². The van der Waals surface area contributed by atoms with Crippen LogP contribution in [0.1, 0.15) is 11.0 Å². The molecule has 0 aliphatic carbocycles. The smallest absolute Gasteiger partial charge is 0.244 e. The lowest BCUT2D eigenvalue weighted by Gasteiger charge is -2.18. The molecule has 0 amide bonds. The van der Waals surface area contributed by atoms with E-state index in [1.807, 2.05) is 0 Å². The van der Waals surface area contributed by atoms with Gasteiger partial charge >= 0.3 is 0 Å². The second-order valence-corrected chi connectivity index (χ2v) is 10.2. The van der Waals surface area contributed by atoms with Crippen molar-refractivity contribution in [2.24, 2.45) is 0 Å². The highest BCUT2D eigenvalue weighted by atomic mass is 32.2. The summed E-state index contributed by atoms with van der Waals surface area (Å²) in [5.41, 5.74) is 0. The first-order chi connectivity index (χ1) is 14.7. The van der Waals surface area contributed by atoms with Crippen molar-refractivity contribution < 1.29 is 35.1 Å². The molecule has 1 atom stereocenters. The van der Waals surface area contributed by atoms with Gasteiger partial charge in [-0.25, -0.2) is 25.9 Å². The van der Waals surface area contributed by atoms with Gasteiger partial charge in [0.1, 0.15) is 33.2 Å². The first kappa shape index (κ1) is 22.8. The highest BCUT2D eigenvalue weighted by molar-refractivity contribution is 7.92. The number of nitrogens with one attached hydrogen (secondary N) is 1. The van der Waals surface area contributed by atoms with Crippen LogP contribution in [0, 0.1) is 5.82 Å². The summed E-state index contributed by atoms with van der Waals surface area (Å²) in [5, 5.41) is -1.39. The molecule has 0 aliphatic heterocycles. The van der Waals surface area contributed by atoms with Crippen molar-refractivity contribution in [2.45, 2.75) is 15.0 Å². The number of benzene rings is 2. The molecule has 0 saturated heterocycles. The third kappa shape index (κ3) is 4.89. The minimum absolute atomic E-state index is 0.0321. The Morgan fingerprint density at radius 1 is 1.00 bits per heavy atom. The predicted octanol–water partition coefficient (Wildman–Crippen LogP) is 2.93. The molecule has 31 heavy (non-hydrogen) atoms. The van der Waals surface area contributed by atoms with Crippen molar-refractivity contribution >= 4 is 19.9 Å². The number of sulfone groups is 1. The summed E-state index contributed by atoms with van der Waals surface area (Å²) in [5.74, 6) is -0.226. The van der Waals surface area contributed by atoms with Crippen LogP contribution in [-0.4, -0.2) is 37.6 Å². The van der Waals surface area contributed by atoms with E-state index in [0.29, 0.717) is 0 Å². The van der Waals surface area contributed by atoms with Gasteiger partial charge in [-0.3, -0.25) is 0 Å². The van der Waals surface area contributed by atoms with Crippen LogP contribution in [0.15, 0.2) is 75.1 Å². The van der Waals surface area contributed by atoms with Crippen LogP contribution in [0.4, 0.5) is 4.39 Å². The number of sulfonamides is 1. The molecular formula is C20H20FNO7S2. The van der Waals surface area contributed by atoms with Crippen molar-refractivity contribution in [2.75, 3.05) is 20.8 Å². The van der Waals surface area contributed by atoms with E-state index in [-0.39, 0.29) is 27.1 Å². The first-order valence-electron chi connectivity index (χ1n) is 8.93. The van der Waals surface area contributed by atoms with E-state index in [9.17, 15) is 21.2 Å². The quantitative estimate of drug-likeness (QED) is 0.480. The van der Waals surface area contributed by atoms with E-state index in [2.05, 4.69) is 4.72 Å². The summed E-state index contributed by atoms with van der Waals surface area (Å²) in [4.78, 5) is -0.389. The Labute approximate surface area is 179 Å². The molecule has 0 unspecified atom stereocenters. The van der Waals surface area contributed by atoms with E-state index in [4.69, 9.17) is 13.9 Å². The second-order valence-electron chi connectivity index (χ2n) is 6.37. The van der Waals surface area contributed by atoms with Crippen LogP contribution in [0.3, 0.4) is 0 Å². The molecule has 0 bridgehead atoms. The van der Waals surface area contributed by atoms with Crippen molar-refractivity contribution in [1.82, 2.24) is 4.72 Å². The average molecular weight is 470 g/mol. The maximum absolute atomic E-state index is 13.2. The number of hydrogen-bond donors (Lipinski definition) is 1. The average Bonchev–Trinajstić information content (AvgIpc) is 3.27. The summed E-state index contributed by atoms with van der Waals surface area (Å²) in [6, 6.07) is 11.4. The molecule has 0 fully saturated rings. The van der Waals surface area contributed by atoms with Crippen molar-refractivity contribution in [3.63, 3.8) is 0 Å². The van der Waals surface area contributed by atoms with Gasteiger partial charge in [-0.1, -0.05) is 0 Å². The van der Waals surface area contributed by atoms with Crippen molar-refractivity contribution in [1.29, 1.82) is 0 Å². The largest absolute Gasteiger partial charge is 0.497 e. The summed E-state index contributed by atoms with van der Waals surface area (Å²) in [7, 11) is -5.62. The molecule has 166 valence electrons. The van der Waals surface area contributed by atoms with Gasteiger partial charge in [0.15, 0.2) is 9.84 Å². The van der Waals surface area contributed by atoms with Crippen LogP contribution in [-0.2, 0) is 19.9 Å². The van der Waals surface area contributed by atoms with Gasteiger partial charge in [0.25, 0.3) is 0 Å². The second kappa shape index (κ2) is 9.08. The molecule has 3 aromatic rings. The minimum Gasteiger partial charge on any atom is -0.497 e. The summed E-state index contributed by atoms with van der Waals surface area (Å²) in [6.45, 7) is -0.532. The molecule has 1 N–H and O–H groups in total.